The predicted octanol–water partition coefficient (Wildman–Crippen LogP) is 6.68. The van der Waals surface area contributed by atoms with E-state index in [1.807, 2.05) is 60.7 Å². The van der Waals surface area contributed by atoms with Gasteiger partial charge in [0.25, 0.3) is 0 Å². The molecule has 9 heteroatoms. The quantitative estimate of drug-likeness (QED) is 0.189. The molecule has 0 aliphatic rings. The average molecular weight is 503 g/mol. The zero-order valence-electron chi connectivity index (χ0n) is 17.9. The van der Waals surface area contributed by atoms with E-state index in [1.54, 1.807) is 17.5 Å². The van der Waals surface area contributed by atoms with E-state index in [0.717, 1.165) is 17.2 Å². The monoisotopic (exact) mass is 502 g/mol. The lowest BCUT2D eigenvalue weighted by Crippen LogP contribution is -2.18. The topological polar surface area (TPSA) is 58.1 Å². The third-order valence-corrected chi connectivity index (χ3v) is 7.09. The van der Waals surface area contributed by atoms with Gasteiger partial charge >= 0.3 is 11.3 Å². The zero-order valence-corrected chi connectivity index (χ0v) is 19.6. The highest BCUT2D eigenvalue weighted by atomic mass is 32.2. The molecule has 4 nitrogen and oxygen atoms in total. The fourth-order valence-corrected chi connectivity index (χ4v) is 5.01. The van der Waals surface area contributed by atoms with Crippen LogP contribution < -0.4 is 0 Å². The minimum absolute atomic E-state index is 0.0551. The first-order valence-electron chi connectivity index (χ1n) is 10.5. The van der Waals surface area contributed by atoms with Gasteiger partial charge in [0.2, 0.25) is 0 Å². The van der Waals surface area contributed by atoms with Crippen molar-refractivity contribution in [3.63, 3.8) is 0 Å². The Bertz CT molecular complexity index is 1170. The first-order chi connectivity index (χ1) is 16.4. The number of thiophene rings is 1. The van der Waals surface area contributed by atoms with E-state index in [2.05, 4.69) is 9.97 Å². The minimum atomic E-state index is -4.67. The number of aromatic nitrogens is 2. The van der Waals surface area contributed by atoms with Gasteiger partial charge in [-0.15, -0.1) is 11.3 Å². The van der Waals surface area contributed by atoms with E-state index in [-0.39, 0.29) is 22.7 Å². The Hall–Kier alpha value is -2.72. The van der Waals surface area contributed by atoms with Gasteiger partial charge in [-0.25, -0.2) is 0 Å². The second-order valence-electron chi connectivity index (χ2n) is 7.43. The van der Waals surface area contributed by atoms with Crippen LogP contribution in [0.3, 0.4) is 0 Å². The van der Waals surface area contributed by atoms with Crippen LogP contribution in [0.5, 0.6) is 0 Å². The molecule has 0 radical (unpaired) electrons. The standard InChI is InChI=1S/C25H21F3N2O2S2/c26-25(27,28)23-16-20(22-12-7-14-33-22)29-24(30-23)34(31)15-13-21(19-10-5-2-6-11-19)32-17-18-8-3-1-4-9-18/h1-12,14,16,21H,13,15,17H2. The first-order valence-corrected chi connectivity index (χ1v) is 12.7. The minimum Gasteiger partial charge on any atom is -0.609 e. The highest BCUT2D eigenvalue weighted by Gasteiger charge is 2.35. The summed E-state index contributed by atoms with van der Waals surface area (Å²) < 4.78 is 59.5. The third kappa shape index (κ3) is 6.44. The van der Waals surface area contributed by atoms with E-state index >= 15 is 0 Å². The van der Waals surface area contributed by atoms with Crippen LogP contribution in [0.2, 0.25) is 0 Å². The highest BCUT2D eigenvalue weighted by molar-refractivity contribution is 7.91. The van der Waals surface area contributed by atoms with Gasteiger partial charge in [0.05, 0.1) is 23.3 Å². The zero-order chi connectivity index (χ0) is 24.0. The molecule has 2 aromatic carbocycles. The number of ether oxygens (including phenoxy) is 1. The summed E-state index contributed by atoms with van der Waals surface area (Å²) >= 11 is -0.581. The summed E-state index contributed by atoms with van der Waals surface area (Å²) in [6.45, 7) is 0.357. The van der Waals surface area contributed by atoms with Gasteiger partial charge in [0, 0.05) is 17.6 Å². The molecule has 4 rings (SSSR count). The summed E-state index contributed by atoms with van der Waals surface area (Å²) in [6, 6.07) is 23.4. The molecule has 0 spiro atoms. The lowest BCUT2D eigenvalue weighted by molar-refractivity contribution is -0.141. The Labute approximate surface area is 202 Å². The van der Waals surface area contributed by atoms with E-state index in [4.69, 9.17) is 4.74 Å². The Kier molecular flexibility index (Phi) is 7.99. The fourth-order valence-electron chi connectivity index (χ4n) is 3.31. The molecular weight excluding hydrogens is 481 g/mol. The molecular formula is C25H21F3N2O2S2. The van der Waals surface area contributed by atoms with Crippen molar-refractivity contribution in [1.29, 1.82) is 0 Å². The van der Waals surface area contributed by atoms with Crippen LogP contribution >= 0.6 is 11.3 Å². The lowest BCUT2D eigenvalue weighted by Gasteiger charge is -2.19. The summed E-state index contributed by atoms with van der Waals surface area (Å²) in [6.07, 6.45) is -4.72. The molecule has 34 heavy (non-hydrogen) atoms. The van der Waals surface area contributed by atoms with Crippen molar-refractivity contribution in [1.82, 2.24) is 9.97 Å². The number of halogens is 3. The van der Waals surface area contributed by atoms with Crippen molar-refractivity contribution >= 4 is 22.5 Å². The normalized spacial score (nSPS) is 13.5. The van der Waals surface area contributed by atoms with Gasteiger partial charge in [-0.3, -0.25) is 0 Å². The van der Waals surface area contributed by atoms with Crippen molar-refractivity contribution in [3.8, 4) is 10.6 Å². The van der Waals surface area contributed by atoms with Crippen LogP contribution in [-0.2, 0) is 28.7 Å². The lowest BCUT2D eigenvalue weighted by atomic mass is 10.1. The SMILES string of the molecule is [O-][S+](CCC(OCc1ccccc1)c1ccccc1)c1nc(-c2cccs2)cc(C(F)(F)F)n1. The molecule has 0 saturated carbocycles. The van der Waals surface area contributed by atoms with Gasteiger partial charge in [0.1, 0.15) is 5.75 Å². The van der Waals surface area contributed by atoms with Crippen molar-refractivity contribution < 1.29 is 22.5 Å². The van der Waals surface area contributed by atoms with Crippen molar-refractivity contribution in [2.45, 2.75) is 30.5 Å². The van der Waals surface area contributed by atoms with E-state index in [9.17, 15) is 17.7 Å². The van der Waals surface area contributed by atoms with Gasteiger partial charge in [0.15, 0.2) is 5.69 Å². The molecule has 0 fully saturated rings. The Morgan fingerprint density at radius 2 is 1.65 bits per heavy atom. The molecule has 176 valence electrons. The molecule has 0 amide bonds. The molecule has 4 aromatic rings. The molecule has 2 aromatic heterocycles. The maximum Gasteiger partial charge on any atom is 0.433 e. The molecule has 0 aliphatic carbocycles. The maximum atomic E-state index is 13.4. The number of alkyl halides is 3. The number of hydrogen-bond donors (Lipinski definition) is 0. The predicted molar refractivity (Wildman–Crippen MR) is 127 cm³/mol. The second kappa shape index (κ2) is 11.1. The van der Waals surface area contributed by atoms with Crippen LogP contribution in [0.15, 0.2) is 89.4 Å². The molecule has 2 unspecified atom stereocenters. The molecule has 0 saturated heterocycles. The van der Waals surface area contributed by atoms with Crippen LogP contribution in [0.25, 0.3) is 10.6 Å². The number of benzene rings is 2. The van der Waals surface area contributed by atoms with Crippen molar-refractivity contribution in [2.24, 2.45) is 0 Å². The van der Waals surface area contributed by atoms with Gasteiger partial charge in [-0.2, -0.15) is 23.1 Å². The van der Waals surface area contributed by atoms with Crippen molar-refractivity contribution in [2.75, 3.05) is 5.75 Å². The Morgan fingerprint density at radius 3 is 2.29 bits per heavy atom. The Morgan fingerprint density at radius 1 is 0.941 bits per heavy atom. The summed E-state index contributed by atoms with van der Waals surface area (Å²) in [4.78, 5) is 8.33. The average Bonchev–Trinajstić information content (AvgIpc) is 3.39. The summed E-state index contributed by atoms with van der Waals surface area (Å²) in [5.41, 5.74) is 0.904. The molecule has 2 heterocycles. The number of rotatable bonds is 9. The van der Waals surface area contributed by atoms with E-state index in [1.165, 1.54) is 11.3 Å². The summed E-state index contributed by atoms with van der Waals surface area (Å²) in [5.74, 6) is 0.0551. The largest absolute Gasteiger partial charge is 0.609 e. The van der Waals surface area contributed by atoms with Crippen LogP contribution in [0.4, 0.5) is 13.2 Å². The second-order valence-corrected chi connectivity index (χ2v) is 9.84. The third-order valence-electron chi connectivity index (χ3n) is 5.00. The first kappa shape index (κ1) is 24.4. The number of nitrogens with zero attached hydrogens (tertiary/aromatic N) is 2. The molecule has 0 bridgehead atoms. The van der Waals surface area contributed by atoms with Gasteiger partial charge < -0.3 is 9.29 Å². The maximum absolute atomic E-state index is 13.4. The van der Waals surface area contributed by atoms with Crippen molar-refractivity contribution in [3.05, 3.63) is 101 Å². The fraction of sp³-hybridized carbons (Fsp3) is 0.200. The van der Waals surface area contributed by atoms with Crippen LogP contribution in [-0.4, -0.2) is 20.3 Å². The molecule has 0 N–H and O–H groups in total. The summed E-state index contributed by atoms with van der Waals surface area (Å²) in [5, 5.41) is 1.42. The van der Waals surface area contributed by atoms with Crippen LogP contribution in [0.1, 0.15) is 29.3 Å². The van der Waals surface area contributed by atoms with Gasteiger partial charge in [-0.05, 0) is 28.6 Å². The van der Waals surface area contributed by atoms with E-state index in [0.29, 0.717) is 17.9 Å². The summed E-state index contributed by atoms with van der Waals surface area (Å²) in [7, 11) is 0. The van der Waals surface area contributed by atoms with Crippen LogP contribution in [0, 0.1) is 0 Å². The highest BCUT2D eigenvalue weighted by Crippen LogP contribution is 2.33. The number of hydrogen-bond acceptors (Lipinski definition) is 5. The van der Waals surface area contributed by atoms with Gasteiger partial charge in [-0.1, -0.05) is 66.7 Å². The molecule has 0 aliphatic heterocycles. The molecule has 2 atom stereocenters. The Balaban J connectivity index is 1.52. The smallest absolute Gasteiger partial charge is 0.433 e. The van der Waals surface area contributed by atoms with E-state index < -0.39 is 23.0 Å².